The van der Waals surface area contributed by atoms with Gasteiger partial charge in [-0.3, -0.25) is 0 Å². The van der Waals surface area contributed by atoms with E-state index in [1.807, 2.05) is 20.8 Å². The summed E-state index contributed by atoms with van der Waals surface area (Å²) in [4.78, 5) is 0. The maximum absolute atomic E-state index is 5.81. The Labute approximate surface area is 69.3 Å². The smallest absolute Gasteiger partial charge is 0.0663 e. The fraction of sp³-hybridized carbons (Fsp3) is 1.00. The van der Waals surface area contributed by atoms with Crippen LogP contribution in [-0.4, -0.2) is 12.2 Å². The Balaban J connectivity index is 4.45. The normalized spacial score (nSPS) is 16.6. The van der Waals surface area contributed by atoms with E-state index in [2.05, 4.69) is 6.92 Å². The van der Waals surface area contributed by atoms with E-state index in [9.17, 15) is 0 Å². The van der Waals surface area contributed by atoms with Crippen LogP contribution >= 0.6 is 0 Å². The third-order valence-corrected chi connectivity index (χ3v) is 2.97. The molecule has 0 rings (SSSR count). The lowest BCUT2D eigenvalue weighted by Gasteiger charge is -2.42. The van der Waals surface area contributed by atoms with Crippen molar-refractivity contribution in [3.8, 4) is 0 Å². The van der Waals surface area contributed by atoms with E-state index < -0.39 is 5.66 Å². The van der Waals surface area contributed by atoms with Gasteiger partial charge in [-0.05, 0) is 24.8 Å². The molecule has 0 radical (unpaired) electrons. The van der Waals surface area contributed by atoms with Crippen molar-refractivity contribution >= 4 is 0 Å². The van der Waals surface area contributed by atoms with Gasteiger partial charge in [-0.25, -0.2) is 0 Å². The number of nitrogens with two attached hydrogens (primary N) is 3. The average molecular weight is 159 g/mol. The Hall–Kier alpha value is -0.120. The van der Waals surface area contributed by atoms with E-state index in [0.717, 1.165) is 0 Å². The molecular weight excluding hydrogens is 138 g/mol. The highest BCUT2D eigenvalue weighted by atomic mass is 15.0. The van der Waals surface area contributed by atoms with Crippen LogP contribution in [0.1, 0.15) is 27.7 Å². The van der Waals surface area contributed by atoms with Gasteiger partial charge in [0.25, 0.3) is 0 Å². The van der Waals surface area contributed by atoms with Crippen molar-refractivity contribution in [3.63, 3.8) is 0 Å². The zero-order chi connectivity index (χ0) is 9.28. The van der Waals surface area contributed by atoms with Crippen LogP contribution in [-0.2, 0) is 0 Å². The molecule has 0 amide bonds. The Morgan fingerprint density at radius 1 is 1.18 bits per heavy atom. The van der Waals surface area contributed by atoms with Crippen LogP contribution in [0, 0.1) is 11.3 Å². The lowest BCUT2D eigenvalue weighted by atomic mass is 9.71. The molecule has 3 heteroatoms. The van der Waals surface area contributed by atoms with Crippen LogP contribution < -0.4 is 17.2 Å². The second-order valence-corrected chi connectivity index (χ2v) is 4.14. The minimum atomic E-state index is -0.661. The lowest BCUT2D eigenvalue weighted by Crippen LogP contribution is -2.61. The van der Waals surface area contributed by atoms with Crippen molar-refractivity contribution in [1.29, 1.82) is 0 Å². The van der Waals surface area contributed by atoms with Crippen molar-refractivity contribution in [2.45, 2.75) is 33.4 Å². The van der Waals surface area contributed by atoms with Gasteiger partial charge < -0.3 is 17.2 Å². The van der Waals surface area contributed by atoms with Crippen molar-refractivity contribution < 1.29 is 0 Å². The molecule has 68 valence electrons. The maximum atomic E-state index is 5.81. The summed E-state index contributed by atoms with van der Waals surface area (Å²) in [6, 6.07) is 0. The first-order valence-electron chi connectivity index (χ1n) is 4.01. The molecule has 0 saturated heterocycles. The van der Waals surface area contributed by atoms with Gasteiger partial charge in [-0.15, -0.1) is 0 Å². The Kier molecular flexibility index (Phi) is 3.06. The Morgan fingerprint density at radius 2 is 1.55 bits per heavy atom. The molecule has 0 fully saturated rings. The van der Waals surface area contributed by atoms with Crippen molar-refractivity contribution in [3.05, 3.63) is 0 Å². The summed E-state index contributed by atoms with van der Waals surface area (Å²) in [6.45, 7) is 8.61. The summed E-state index contributed by atoms with van der Waals surface area (Å²) in [5.41, 5.74) is 16.4. The first kappa shape index (κ1) is 10.9. The molecule has 0 aliphatic rings. The monoisotopic (exact) mass is 159 g/mol. The van der Waals surface area contributed by atoms with Gasteiger partial charge in [0.05, 0.1) is 5.66 Å². The van der Waals surface area contributed by atoms with Gasteiger partial charge in [0.15, 0.2) is 0 Å². The van der Waals surface area contributed by atoms with Gasteiger partial charge in [0.1, 0.15) is 0 Å². The predicted molar refractivity (Wildman–Crippen MR) is 48.8 cm³/mol. The quantitative estimate of drug-likeness (QED) is 0.516. The van der Waals surface area contributed by atoms with E-state index in [1.54, 1.807) is 0 Å². The minimum Gasteiger partial charge on any atom is -0.330 e. The van der Waals surface area contributed by atoms with E-state index in [4.69, 9.17) is 17.2 Å². The second-order valence-electron chi connectivity index (χ2n) is 4.14. The zero-order valence-corrected chi connectivity index (χ0v) is 8.02. The highest BCUT2D eigenvalue weighted by Crippen LogP contribution is 2.32. The number of hydrogen-bond acceptors (Lipinski definition) is 3. The molecule has 6 N–H and O–H groups in total. The zero-order valence-electron chi connectivity index (χ0n) is 8.02. The van der Waals surface area contributed by atoms with Gasteiger partial charge in [0.2, 0.25) is 0 Å². The molecule has 11 heavy (non-hydrogen) atoms. The highest BCUT2D eigenvalue weighted by molar-refractivity contribution is 4.92. The molecule has 0 saturated carbocycles. The number of hydrogen-bond donors (Lipinski definition) is 3. The molecular formula is C8H21N3. The molecule has 0 aliphatic carbocycles. The summed E-state index contributed by atoms with van der Waals surface area (Å²) in [7, 11) is 0. The van der Waals surface area contributed by atoms with Crippen LogP contribution in [0.3, 0.4) is 0 Å². The Bertz CT molecular complexity index is 124. The topological polar surface area (TPSA) is 78.1 Å². The second kappa shape index (κ2) is 3.09. The summed E-state index contributed by atoms with van der Waals surface area (Å²) < 4.78 is 0. The molecule has 0 aromatic rings. The standard InChI is InChI=1S/C8H21N3/c1-6(5-9)7(2,3)8(4,10)11/h6H,5,9-11H2,1-4H3. The molecule has 3 nitrogen and oxygen atoms in total. The van der Waals surface area contributed by atoms with Crippen molar-refractivity contribution in [1.82, 2.24) is 0 Å². The van der Waals surface area contributed by atoms with Gasteiger partial charge in [-0.1, -0.05) is 20.8 Å². The largest absolute Gasteiger partial charge is 0.330 e. The van der Waals surface area contributed by atoms with E-state index >= 15 is 0 Å². The van der Waals surface area contributed by atoms with E-state index in [0.29, 0.717) is 12.5 Å². The fourth-order valence-corrected chi connectivity index (χ4v) is 0.826. The third kappa shape index (κ3) is 2.15. The van der Waals surface area contributed by atoms with E-state index in [1.165, 1.54) is 0 Å². The van der Waals surface area contributed by atoms with Crippen LogP contribution in [0.15, 0.2) is 0 Å². The van der Waals surface area contributed by atoms with Crippen LogP contribution in [0.4, 0.5) is 0 Å². The molecule has 0 aliphatic heterocycles. The molecule has 1 unspecified atom stereocenters. The van der Waals surface area contributed by atoms with Crippen LogP contribution in [0.2, 0.25) is 0 Å². The fourth-order valence-electron chi connectivity index (χ4n) is 0.826. The molecule has 0 aromatic carbocycles. The summed E-state index contributed by atoms with van der Waals surface area (Å²) in [6.07, 6.45) is 0. The van der Waals surface area contributed by atoms with Crippen molar-refractivity contribution in [2.75, 3.05) is 6.54 Å². The predicted octanol–water partition coefficient (Wildman–Crippen LogP) is 0.241. The third-order valence-electron chi connectivity index (χ3n) is 2.97. The van der Waals surface area contributed by atoms with Crippen LogP contribution in [0.25, 0.3) is 0 Å². The molecule has 0 heterocycles. The maximum Gasteiger partial charge on any atom is 0.0663 e. The molecule has 1 atom stereocenters. The first-order chi connectivity index (χ1) is 4.73. The van der Waals surface area contributed by atoms with Gasteiger partial charge >= 0.3 is 0 Å². The lowest BCUT2D eigenvalue weighted by molar-refractivity contribution is 0.115. The van der Waals surface area contributed by atoms with Crippen LogP contribution in [0.5, 0.6) is 0 Å². The summed E-state index contributed by atoms with van der Waals surface area (Å²) in [5.74, 6) is 0.336. The summed E-state index contributed by atoms with van der Waals surface area (Å²) in [5, 5.41) is 0. The SMILES string of the molecule is CC(CN)C(C)(C)C(C)(N)N. The van der Waals surface area contributed by atoms with E-state index in [-0.39, 0.29) is 5.41 Å². The summed E-state index contributed by atoms with van der Waals surface area (Å²) >= 11 is 0. The Morgan fingerprint density at radius 3 is 1.64 bits per heavy atom. The first-order valence-corrected chi connectivity index (χ1v) is 4.01. The van der Waals surface area contributed by atoms with Crippen molar-refractivity contribution in [2.24, 2.45) is 28.5 Å². The van der Waals surface area contributed by atoms with Gasteiger partial charge in [0, 0.05) is 0 Å². The number of rotatable bonds is 3. The molecule has 0 aromatic heterocycles. The molecule has 0 bridgehead atoms. The minimum absolute atomic E-state index is 0.123. The highest BCUT2D eigenvalue weighted by Gasteiger charge is 2.38. The average Bonchev–Trinajstić information content (AvgIpc) is 1.83. The molecule has 0 spiro atoms. The van der Waals surface area contributed by atoms with Gasteiger partial charge in [-0.2, -0.15) is 0 Å².